The van der Waals surface area contributed by atoms with Gasteiger partial charge in [0.25, 0.3) is 0 Å². The van der Waals surface area contributed by atoms with Crippen molar-refractivity contribution in [1.82, 2.24) is 4.90 Å². The average Bonchev–Trinajstić information content (AvgIpc) is 2.76. The molecule has 1 rings (SSSR count). The highest BCUT2D eigenvalue weighted by atomic mass is 15.1. The summed E-state index contributed by atoms with van der Waals surface area (Å²) in [6.07, 6.45) is 14.9. The van der Waals surface area contributed by atoms with Gasteiger partial charge in [0.2, 0.25) is 0 Å². The van der Waals surface area contributed by atoms with Crippen LogP contribution in [0.3, 0.4) is 0 Å². The van der Waals surface area contributed by atoms with Crippen LogP contribution in [-0.4, -0.2) is 18.0 Å². The molecule has 1 aliphatic heterocycles. The van der Waals surface area contributed by atoms with Gasteiger partial charge in [-0.05, 0) is 25.5 Å². The molecule has 0 amide bonds. The molecule has 0 aromatic heterocycles. The molecule has 1 aliphatic rings. The Bertz CT molecular complexity index is 196. The van der Waals surface area contributed by atoms with Gasteiger partial charge in [-0.3, -0.25) is 0 Å². The van der Waals surface area contributed by atoms with E-state index in [2.05, 4.69) is 24.9 Å². The summed E-state index contributed by atoms with van der Waals surface area (Å²) in [5, 5.41) is 0. The van der Waals surface area contributed by atoms with Crippen molar-refractivity contribution in [2.45, 2.75) is 71.6 Å². The molecule has 0 radical (unpaired) electrons. The van der Waals surface area contributed by atoms with Gasteiger partial charge in [-0.15, -0.1) is 0 Å². The Morgan fingerprint density at radius 2 is 1.69 bits per heavy atom. The number of nitrogens with zero attached hydrogens (tertiary/aromatic N) is 1. The van der Waals surface area contributed by atoms with Crippen LogP contribution in [0.2, 0.25) is 0 Å². The highest BCUT2D eigenvalue weighted by Gasteiger charge is 2.09. The lowest BCUT2D eigenvalue weighted by Gasteiger charge is -2.14. The summed E-state index contributed by atoms with van der Waals surface area (Å²) < 4.78 is 0. The van der Waals surface area contributed by atoms with E-state index >= 15 is 0 Å². The van der Waals surface area contributed by atoms with Gasteiger partial charge in [0.15, 0.2) is 0 Å². The molecule has 0 aliphatic carbocycles. The fraction of sp³-hybridized carbons (Fsp3) is 0.867. The van der Waals surface area contributed by atoms with Crippen LogP contribution in [0.1, 0.15) is 71.6 Å². The summed E-state index contributed by atoms with van der Waals surface area (Å²) in [6.45, 7) is 7.12. The highest BCUT2D eigenvalue weighted by Crippen LogP contribution is 2.17. The highest BCUT2D eigenvalue weighted by molar-refractivity contribution is 5.06. The van der Waals surface area contributed by atoms with Crippen molar-refractivity contribution in [1.29, 1.82) is 0 Å². The van der Waals surface area contributed by atoms with Gasteiger partial charge in [-0.25, -0.2) is 0 Å². The summed E-state index contributed by atoms with van der Waals surface area (Å²) in [5.41, 5.74) is 1.64. The number of hydrogen-bond donors (Lipinski definition) is 0. The predicted molar refractivity (Wildman–Crippen MR) is 72.6 cm³/mol. The molecule has 1 heterocycles. The first-order chi connectivity index (χ1) is 7.86. The summed E-state index contributed by atoms with van der Waals surface area (Å²) in [7, 11) is 0. The zero-order valence-corrected chi connectivity index (χ0v) is 11.3. The van der Waals surface area contributed by atoms with Crippen molar-refractivity contribution >= 4 is 0 Å². The van der Waals surface area contributed by atoms with Gasteiger partial charge in [0.1, 0.15) is 0 Å². The van der Waals surface area contributed by atoms with Crippen LogP contribution in [0.5, 0.6) is 0 Å². The second-order valence-electron chi connectivity index (χ2n) is 5.05. The Labute approximate surface area is 102 Å². The normalized spacial score (nSPS) is 15.6. The average molecular weight is 223 g/mol. The molecule has 1 heteroatoms. The minimum Gasteiger partial charge on any atom is -0.377 e. The molecule has 0 N–H and O–H groups in total. The smallest absolute Gasteiger partial charge is 0.0210 e. The fourth-order valence-corrected chi connectivity index (χ4v) is 2.39. The van der Waals surface area contributed by atoms with Crippen LogP contribution in [0.15, 0.2) is 11.8 Å². The maximum absolute atomic E-state index is 2.52. The van der Waals surface area contributed by atoms with E-state index in [0.717, 1.165) is 0 Å². The van der Waals surface area contributed by atoms with E-state index in [9.17, 15) is 0 Å². The van der Waals surface area contributed by atoms with Crippen molar-refractivity contribution in [2.24, 2.45) is 0 Å². The maximum atomic E-state index is 2.52. The lowest BCUT2D eigenvalue weighted by atomic mass is 10.1. The summed E-state index contributed by atoms with van der Waals surface area (Å²) in [5.74, 6) is 0. The van der Waals surface area contributed by atoms with Crippen LogP contribution in [0.25, 0.3) is 0 Å². The molecule has 0 atom stereocenters. The van der Waals surface area contributed by atoms with Crippen molar-refractivity contribution in [3.8, 4) is 0 Å². The molecule has 0 fully saturated rings. The van der Waals surface area contributed by atoms with Gasteiger partial charge in [0, 0.05) is 13.1 Å². The minimum atomic E-state index is 1.24. The topological polar surface area (TPSA) is 3.24 Å². The first kappa shape index (κ1) is 13.6. The van der Waals surface area contributed by atoms with Gasteiger partial charge < -0.3 is 4.90 Å². The monoisotopic (exact) mass is 223 g/mol. The van der Waals surface area contributed by atoms with E-state index in [1.54, 1.807) is 5.57 Å². The molecule has 0 bridgehead atoms. The standard InChI is InChI=1S/C15H29N/c1-3-5-6-7-8-9-10-12-16-13-11-15(4-2)14-16/h14H,3-13H2,1-2H3. The summed E-state index contributed by atoms with van der Waals surface area (Å²) >= 11 is 0. The van der Waals surface area contributed by atoms with Gasteiger partial charge in [0.05, 0.1) is 0 Å². The first-order valence-electron chi connectivity index (χ1n) is 7.30. The number of rotatable bonds is 9. The minimum absolute atomic E-state index is 1.24. The zero-order valence-electron chi connectivity index (χ0n) is 11.3. The second-order valence-corrected chi connectivity index (χ2v) is 5.05. The van der Waals surface area contributed by atoms with Gasteiger partial charge in [-0.1, -0.05) is 57.9 Å². The Hall–Kier alpha value is -0.460. The molecule has 0 saturated heterocycles. The largest absolute Gasteiger partial charge is 0.377 e. The van der Waals surface area contributed by atoms with Crippen LogP contribution in [0.4, 0.5) is 0 Å². The van der Waals surface area contributed by atoms with Crippen LogP contribution in [0, 0.1) is 0 Å². The van der Waals surface area contributed by atoms with E-state index < -0.39 is 0 Å². The molecule has 0 spiro atoms. The third-order valence-corrected chi connectivity index (χ3v) is 3.59. The first-order valence-corrected chi connectivity index (χ1v) is 7.30. The van der Waals surface area contributed by atoms with E-state index in [-0.39, 0.29) is 0 Å². The van der Waals surface area contributed by atoms with Crippen molar-refractivity contribution in [3.05, 3.63) is 11.8 Å². The quantitative estimate of drug-likeness (QED) is 0.510. The van der Waals surface area contributed by atoms with Crippen molar-refractivity contribution in [2.75, 3.05) is 13.1 Å². The van der Waals surface area contributed by atoms with Gasteiger partial charge in [-0.2, -0.15) is 0 Å². The molecule has 0 saturated carbocycles. The van der Waals surface area contributed by atoms with E-state index in [1.165, 1.54) is 70.9 Å². The molecular formula is C15H29N. The van der Waals surface area contributed by atoms with E-state index in [4.69, 9.17) is 0 Å². The predicted octanol–water partition coefficient (Wildman–Crippen LogP) is 4.74. The molecule has 1 nitrogen and oxygen atoms in total. The zero-order chi connectivity index (χ0) is 11.6. The fourth-order valence-electron chi connectivity index (χ4n) is 2.39. The Balaban J connectivity index is 1.90. The maximum Gasteiger partial charge on any atom is 0.0210 e. The van der Waals surface area contributed by atoms with Crippen molar-refractivity contribution < 1.29 is 0 Å². The Morgan fingerprint density at radius 1 is 1.00 bits per heavy atom. The number of hydrogen-bond acceptors (Lipinski definition) is 1. The Morgan fingerprint density at radius 3 is 2.31 bits per heavy atom. The molecule has 0 aromatic carbocycles. The SMILES string of the molecule is CCCCCCCCCN1C=C(CC)CC1. The molecule has 0 unspecified atom stereocenters. The summed E-state index contributed by atoms with van der Waals surface area (Å²) in [4.78, 5) is 2.52. The van der Waals surface area contributed by atoms with Crippen LogP contribution < -0.4 is 0 Å². The number of unbranched alkanes of at least 4 members (excludes halogenated alkanes) is 6. The third-order valence-electron chi connectivity index (χ3n) is 3.59. The van der Waals surface area contributed by atoms with Gasteiger partial charge >= 0.3 is 0 Å². The molecule has 94 valence electrons. The van der Waals surface area contributed by atoms with Crippen LogP contribution in [-0.2, 0) is 0 Å². The summed E-state index contributed by atoms with van der Waals surface area (Å²) in [6, 6.07) is 0. The van der Waals surface area contributed by atoms with E-state index in [1.807, 2.05) is 0 Å². The van der Waals surface area contributed by atoms with Crippen LogP contribution >= 0.6 is 0 Å². The lowest BCUT2D eigenvalue weighted by molar-refractivity contribution is 0.388. The lowest BCUT2D eigenvalue weighted by Crippen LogP contribution is -2.15. The molecule has 16 heavy (non-hydrogen) atoms. The second kappa shape index (κ2) is 8.66. The van der Waals surface area contributed by atoms with E-state index in [0.29, 0.717) is 0 Å². The third kappa shape index (κ3) is 5.58. The molecule has 0 aromatic rings. The van der Waals surface area contributed by atoms with Crippen molar-refractivity contribution in [3.63, 3.8) is 0 Å². The Kier molecular flexibility index (Phi) is 7.37. The molecular weight excluding hydrogens is 194 g/mol.